The fraction of sp³-hybridized carbons (Fsp3) is 0.583. The van der Waals surface area contributed by atoms with Crippen molar-refractivity contribution in [1.82, 2.24) is 4.72 Å². The molecule has 1 aliphatic heterocycles. The Kier molecular flexibility index (Phi) is 4.48. The molecule has 1 atom stereocenters. The van der Waals surface area contributed by atoms with Gasteiger partial charge in [-0.2, -0.15) is 11.8 Å². The monoisotopic (exact) mass is 335 g/mol. The number of nitrogens with one attached hydrogen (secondary N) is 1. The van der Waals surface area contributed by atoms with Gasteiger partial charge in [0, 0.05) is 11.3 Å². The van der Waals surface area contributed by atoms with Gasteiger partial charge in [-0.15, -0.1) is 11.3 Å². The third kappa shape index (κ3) is 3.19. The van der Waals surface area contributed by atoms with Crippen LogP contribution in [0, 0.1) is 6.92 Å². The first kappa shape index (κ1) is 15.8. The van der Waals surface area contributed by atoms with E-state index in [-0.39, 0.29) is 14.5 Å². The van der Waals surface area contributed by atoms with E-state index in [0.29, 0.717) is 12.1 Å². The number of carboxylic acid groups (broad SMARTS) is 1. The van der Waals surface area contributed by atoms with Gasteiger partial charge in [0.1, 0.15) is 9.77 Å². The van der Waals surface area contributed by atoms with E-state index in [2.05, 4.69) is 4.72 Å². The summed E-state index contributed by atoms with van der Waals surface area (Å²) in [6.45, 7) is 3.98. The van der Waals surface area contributed by atoms with Gasteiger partial charge in [-0.25, -0.2) is 17.9 Å². The minimum Gasteiger partial charge on any atom is -0.477 e. The van der Waals surface area contributed by atoms with Crippen molar-refractivity contribution in [3.8, 4) is 0 Å². The largest absolute Gasteiger partial charge is 0.477 e. The van der Waals surface area contributed by atoms with Gasteiger partial charge < -0.3 is 5.11 Å². The summed E-state index contributed by atoms with van der Waals surface area (Å²) in [4.78, 5) is 10.9. The molecule has 5 nitrogen and oxygen atoms in total. The average molecular weight is 335 g/mol. The Bertz CT molecular complexity index is 615. The van der Waals surface area contributed by atoms with E-state index in [1.807, 2.05) is 6.92 Å². The van der Waals surface area contributed by atoms with Crippen molar-refractivity contribution in [2.75, 3.05) is 12.3 Å². The summed E-state index contributed by atoms with van der Waals surface area (Å²) in [5.41, 5.74) is 0.476. The van der Waals surface area contributed by atoms with Crippen LogP contribution < -0.4 is 4.72 Å². The van der Waals surface area contributed by atoms with Crippen molar-refractivity contribution < 1.29 is 18.3 Å². The summed E-state index contributed by atoms with van der Waals surface area (Å²) in [5.74, 6) is -0.166. The number of thioether (sulfide) groups is 1. The molecule has 1 unspecified atom stereocenters. The number of hydrogen-bond acceptors (Lipinski definition) is 5. The van der Waals surface area contributed by atoms with Gasteiger partial charge in [0.2, 0.25) is 10.0 Å². The Labute approximate surface area is 126 Å². The van der Waals surface area contributed by atoms with Crippen molar-refractivity contribution >= 4 is 39.1 Å². The second-order valence-electron chi connectivity index (χ2n) is 5.11. The molecule has 0 bridgehead atoms. The lowest BCUT2D eigenvalue weighted by Crippen LogP contribution is -2.37. The first-order chi connectivity index (χ1) is 9.25. The van der Waals surface area contributed by atoms with Crippen LogP contribution in [0.15, 0.2) is 10.3 Å². The molecule has 1 aromatic rings. The average Bonchev–Trinajstić information content (AvgIpc) is 2.94. The number of aryl methyl sites for hydroxylation is 1. The van der Waals surface area contributed by atoms with E-state index < -0.39 is 16.0 Å². The fourth-order valence-corrected chi connectivity index (χ4v) is 6.34. The fourth-order valence-electron chi connectivity index (χ4n) is 2.21. The predicted octanol–water partition coefficient (Wildman–Crippen LogP) is 2.32. The molecule has 0 spiro atoms. The smallest absolute Gasteiger partial charge is 0.347 e. The number of hydrogen-bond donors (Lipinski definition) is 2. The lowest BCUT2D eigenvalue weighted by atomic mass is 10.1. The van der Waals surface area contributed by atoms with Crippen LogP contribution >= 0.6 is 23.1 Å². The molecule has 2 N–H and O–H groups in total. The van der Waals surface area contributed by atoms with Crippen LogP contribution in [0.1, 0.15) is 35.0 Å². The zero-order valence-electron chi connectivity index (χ0n) is 11.3. The molecule has 2 rings (SSSR count). The molecule has 1 saturated heterocycles. The third-order valence-electron chi connectivity index (χ3n) is 3.32. The highest BCUT2D eigenvalue weighted by molar-refractivity contribution is 8.01. The van der Waals surface area contributed by atoms with Crippen LogP contribution in [-0.4, -0.2) is 36.5 Å². The van der Waals surface area contributed by atoms with Gasteiger partial charge in [0.25, 0.3) is 0 Å². The maximum absolute atomic E-state index is 12.4. The summed E-state index contributed by atoms with van der Waals surface area (Å²) in [6.07, 6.45) is 2.05. The van der Waals surface area contributed by atoms with Crippen LogP contribution in [0.4, 0.5) is 0 Å². The van der Waals surface area contributed by atoms with Gasteiger partial charge >= 0.3 is 5.97 Å². The Hall–Kier alpha value is -0.570. The molecular weight excluding hydrogens is 318 g/mol. The minimum absolute atomic E-state index is 0.0957. The van der Waals surface area contributed by atoms with Crippen LogP contribution in [0.2, 0.25) is 0 Å². The van der Waals surface area contributed by atoms with Crippen molar-refractivity contribution in [3.63, 3.8) is 0 Å². The summed E-state index contributed by atoms with van der Waals surface area (Å²) in [5, 5.41) is 10.6. The highest BCUT2D eigenvalue weighted by atomic mass is 32.2. The second-order valence-corrected chi connectivity index (χ2v) is 9.37. The Morgan fingerprint density at radius 2 is 2.25 bits per heavy atom. The Morgan fingerprint density at radius 3 is 2.80 bits per heavy atom. The first-order valence-corrected chi connectivity index (χ1v) is 9.55. The molecule has 0 saturated carbocycles. The second kappa shape index (κ2) is 5.67. The SMILES string of the molecule is Cc1csc(C(=O)O)c1S(=O)(=O)NCC1(C)CCCS1. The maximum Gasteiger partial charge on any atom is 0.347 e. The number of rotatable bonds is 5. The van der Waals surface area contributed by atoms with Gasteiger partial charge in [0.05, 0.1) is 0 Å². The standard InChI is InChI=1S/C12H17NO4S3/c1-8-6-18-9(11(14)15)10(8)20(16,17)13-7-12(2)4-3-5-19-12/h6,13H,3-5,7H2,1-2H3,(H,14,15). The van der Waals surface area contributed by atoms with Gasteiger partial charge in [-0.3, -0.25) is 0 Å². The van der Waals surface area contributed by atoms with E-state index >= 15 is 0 Å². The number of carbonyl (C=O) groups is 1. The van der Waals surface area contributed by atoms with E-state index in [1.54, 1.807) is 24.1 Å². The van der Waals surface area contributed by atoms with E-state index in [0.717, 1.165) is 29.9 Å². The molecule has 1 aliphatic rings. The molecule has 112 valence electrons. The van der Waals surface area contributed by atoms with Gasteiger partial charge in [-0.05, 0) is 43.4 Å². The minimum atomic E-state index is -3.78. The van der Waals surface area contributed by atoms with E-state index in [9.17, 15) is 13.2 Å². The van der Waals surface area contributed by atoms with Crippen molar-refractivity contribution in [2.24, 2.45) is 0 Å². The quantitative estimate of drug-likeness (QED) is 0.863. The molecular formula is C12H17NO4S3. The Balaban J connectivity index is 2.22. The molecule has 0 amide bonds. The number of carboxylic acids is 1. The predicted molar refractivity (Wildman–Crippen MR) is 81.3 cm³/mol. The molecule has 0 radical (unpaired) electrons. The van der Waals surface area contributed by atoms with Crippen molar-refractivity contribution in [2.45, 2.75) is 36.3 Å². The third-order valence-corrected chi connectivity index (χ3v) is 7.66. The lowest BCUT2D eigenvalue weighted by Gasteiger charge is -2.22. The number of aromatic carboxylic acids is 1. The van der Waals surface area contributed by atoms with E-state index in [4.69, 9.17) is 5.11 Å². The number of thiophene rings is 1. The van der Waals surface area contributed by atoms with Gasteiger partial charge in [-0.1, -0.05) is 0 Å². The summed E-state index contributed by atoms with van der Waals surface area (Å²) in [7, 11) is -3.78. The molecule has 1 fully saturated rings. The molecule has 2 heterocycles. The topological polar surface area (TPSA) is 83.5 Å². The molecule has 8 heteroatoms. The maximum atomic E-state index is 12.4. The van der Waals surface area contributed by atoms with E-state index in [1.165, 1.54) is 0 Å². The first-order valence-electron chi connectivity index (χ1n) is 6.20. The van der Waals surface area contributed by atoms with Crippen LogP contribution in [0.25, 0.3) is 0 Å². The van der Waals surface area contributed by atoms with Crippen LogP contribution in [-0.2, 0) is 10.0 Å². The highest BCUT2D eigenvalue weighted by Gasteiger charge is 2.33. The highest BCUT2D eigenvalue weighted by Crippen LogP contribution is 2.37. The van der Waals surface area contributed by atoms with Crippen LogP contribution in [0.3, 0.4) is 0 Å². The molecule has 0 aliphatic carbocycles. The number of sulfonamides is 1. The van der Waals surface area contributed by atoms with Crippen LogP contribution in [0.5, 0.6) is 0 Å². The van der Waals surface area contributed by atoms with Crippen molar-refractivity contribution in [3.05, 3.63) is 15.8 Å². The summed E-state index contributed by atoms with van der Waals surface area (Å²) >= 11 is 2.70. The molecule has 0 aromatic carbocycles. The zero-order chi connectivity index (χ0) is 15.0. The lowest BCUT2D eigenvalue weighted by molar-refractivity contribution is 0.0698. The zero-order valence-corrected chi connectivity index (χ0v) is 13.8. The Morgan fingerprint density at radius 1 is 1.55 bits per heavy atom. The normalized spacial score (nSPS) is 23.1. The summed E-state index contributed by atoms with van der Waals surface area (Å²) < 4.78 is 27.2. The summed E-state index contributed by atoms with van der Waals surface area (Å²) in [6, 6.07) is 0. The van der Waals surface area contributed by atoms with Gasteiger partial charge in [0.15, 0.2) is 0 Å². The molecule has 1 aromatic heterocycles. The van der Waals surface area contributed by atoms with Crippen molar-refractivity contribution in [1.29, 1.82) is 0 Å². The molecule has 20 heavy (non-hydrogen) atoms.